The number of rotatable bonds is 6. The summed E-state index contributed by atoms with van der Waals surface area (Å²) in [4.78, 5) is 7.23. The van der Waals surface area contributed by atoms with Crippen LogP contribution < -0.4 is 5.32 Å². The van der Waals surface area contributed by atoms with Gasteiger partial charge in [0, 0.05) is 12.4 Å². The molecule has 94 valence electrons. The molecule has 1 aromatic rings. The van der Waals surface area contributed by atoms with E-state index in [2.05, 4.69) is 36.1 Å². The minimum Gasteiger partial charge on any atom is -0.348 e. The highest BCUT2D eigenvalue weighted by molar-refractivity contribution is 5.85. The van der Waals surface area contributed by atoms with Crippen LogP contribution in [0.1, 0.15) is 45.9 Å². The minimum absolute atomic E-state index is 0. The summed E-state index contributed by atoms with van der Waals surface area (Å²) in [5.74, 6) is 1.02. The van der Waals surface area contributed by atoms with Crippen LogP contribution >= 0.6 is 12.4 Å². The van der Waals surface area contributed by atoms with Crippen molar-refractivity contribution in [3.05, 3.63) is 18.2 Å². The summed E-state index contributed by atoms with van der Waals surface area (Å²) in [6, 6.07) is 0. The number of halogens is 1. The maximum absolute atomic E-state index is 4.16. The van der Waals surface area contributed by atoms with Gasteiger partial charge in [-0.1, -0.05) is 27.2 Å². The lowest BCUT2D eigenvalue weighted by molar-refractivity contribution is 0.358. The topological polar surface area (TPSA) is 40.7 Å². The number of unbranched alkanes of at least 4 members (excludes halogenated alkanes) is 1. The summed E-state index contributed by atoms with van der Waals surface area (Å²) < 4.78 is 0. The van der Waals surface area contributed by atoms with Crippen molar-refractivity contribution in [2.24, 2.45) is 5.41 Å². The number of nitrogens with one attached hydrogen (secondary N) is 2. The number of hydrogen-bond donors (Lipinski definition) is 2. The zero-order valence-corrected chi connectivity index (χ0v) is 11.4. The van der Waals surface area contributed by atoms with Crippen molar-refractivity contribution >= 4 is 12.4 Å². The first-order valence-corrected chi connectivity index (χ1v) is 5.77. The van der Waals surface area contributed by atoms with E-state index in [1.807, 2.05) is 6.20 Å². The van der Waals surface area contributed by atoms with Gasteiger partial charge in [0.05, 0.1) is 6.54 Å². The fourth-order valence-electron chi connectivity index (χ4n) is 1.51. The van der Waals surface area contributed by atoms with Gasteiger partial charge >= 0.3 is 0 Å². The van der Waals surface area contributed by atoms with Gasteiger partial charge in [0.15, 0.2) is 0 Å². The molecular weight excluding hydrogens is 222 g/mol. The standard InChI is InChI=1S/C12H23N3.ClH/c1-12(2,3)6-4-5-7-13-10-11-14-8-9-15-11;/h8-9,13H,4-7,10H2,1-3H3,(H,14,15);1H. The van der Waals surface area contributed by atoms with Crippen LogP contribution in [0.3, 0.4) is 0 Å². The van der Waals surface area contributed by atoms with Crippen LogP contribution in [0.2, 0.25) is 0 Å². The molecular formula is C12H24ClN3. The van der Waals surface area contributed by atoms with Gasteiger partial charge in [0.1, 0.15) is 5.82 Å². The summed E-state index contributed by atoms with van der Waals surface area (Å²) in [7, 11) is 0. The molecule has 0 bridgehead atoms. The fraction of sp³-hybridized carbons (Fsp3) is 0.750. The second kappa shape index (κ2) is 7.69. The summed E-state index contributed by atoms with van der Waals surface area (Å²) in [5.41, 5.74) is 0.473. The number of aromatic amines is 1. The molecule has 0 radical (unpaired) electrons. The van der Waals surface area contributed by atoms with Crippen LogP contribution in [0.5, 0.6) is 0 Å². The van der Waals surface area contributed by atoms with E-state index in [1.165, 1.54) is 19.3 Å². The van der Waals surface area contributed by atoms with Crippen molar-refractivity contribution in [3.63, 3.8) is 0 Å². The normalized spacial score (nSPS) is 11.2. The molecule has 16 heavy (non-hydrogen) atoms. The van der Waals surface area contributed by atoms with Gasteiger partial charge in [-0.25, -0.2) is 4.98 Å². The number of H-pyrrole nitrogens is 1. The molecule has 3 nitrogen and oxygen atoms in total. The van der Waals surface area contributed by atoms with Crippen LogP contribution in [-0.4, -0.2) is 16.5 Å². The molecule has 0 aromatic carbocycles. The van der Waals surface area contributed by atoms with Gasteiger partial charge in [-0.3, -0.25) is 0 Å². The molecule has 0 aliphatic rings. The monoisotopic (exact) mass is 245 g/mol. The predicted octanol–water partition coefficient (Wildman–Crippen LogP) is 3.14. The maximum atomic E-state index is 4.16. The van der Waals surface area contributed by atoms with Crippen LogP contribution in [0, 0.1) is 5.41 Å². The molecule has 0 amide bonds. The Balaban J connectivity index is 0.00000225. The average molecular weight is 246 g/mol. The third-order valence-electron chi connectivity index (χ3n) is 2.38. The third kappa shape index (κ3) is 7.71. The third-order valence-corrected chi connectivity index (χ3v) is 2.38. The Labute approximate surface area is 105 Å². The van der Waals surface area contributed by atoms with Crippen molar-refractivity contribution in [2.45, 2.75) is 46.6 Å². The molecule has 0 atom stereocenters. The van der Waals surface area contributed by atoms with Gasteiger partial charge in [-0.15, -0.1) is 12.4 Å². The van der Waals surface area contributed by atoms with E-state index in [4.69, 9.17) is 0 Å². The number of aromatic nitrogens is 2. The lowest BCUT2D eigenvalue weighted by Gasteiger charge is -2.17. The van der Waals surface area contributed by atoms with E-state index < -0.39 is 0 Å². The highest BCUT2D eigenvalue weighted by Gasteiger charge is 2.08. The number of imidazole rings is 1. The van der Waals surface area contributed by atoms with E-state index in [0.29, 0.717) is 5.41 Å². The number of nitrogens with zero attached hydrogens (tertiary/aromatic N) is 1. The molecule has 4 heteroatoms. The van der Waals surface area contributed by atoms with E-state index >= 15 is 0 Å². The molecule has 0 fully saturated rings. The highest BCUT2D eigenvalue weighted by atomic mass is 35.5. The van der Waals surface area contributed by atoms with Crippen LogP contribution in [0.15, 0.2) is 12.4 Å². The molecule has 0 aliphatic heterocycles. The van der Waals surface area contributed by atoms with Crippen molar-refractivity contribution in [2.75, 3.05) is 6.54 Å². The van der Waals surface area contributed by atoms with Crippen molar-refractivity contribution < 1.29 is 0 Å². The van der Waals surface area contributed by atoms with Crippen LogP contribution in [-0.2, 0) is 6.54 Å². The predicted molar refractivity (Wildman–Crippen MR) is 70.8 cm³/mol. The second-order valence-electron chi connectivity index (χ2n) is 5.23. The van der Waals surface area contributed by atoms with Gasteiger partial charge in [-0.05, 0) is 24.8 Å². The van der Waals surface area contributed by atoms with Crippen LogP contribution in [0.25, 0.3) is 0 Å². The van der Waals surface area contributed by atoms with E-state index in [0.717, 1.165) is 18.9 Å². The SMILES string of the molecule is CC(C)(C)CCCCNCc1ncc[nH]1.Cl. The van der Waals surface area contributed by atoms with Crippen molar-refractivity contribution in [3.8, 4) is 0 Å². The van der Waals surface area contributed by atoms with Crippen molar-refractivity contribution in [1.29, 1.82) is 0 Å². The quantitative estimate of drug-likeness (QED) is 0.756. The minimum atomic E-state index is 0. The number of hydrogen-bond acceptors (Lipinski definition) is 2. The Hall–Kier alpha value is -0.540. The Bertz CT molecular complexity index is 252. The zero-order valence-electron chi connectivity index (χ0n) is 10.5. The molecule has 0 saturated carbocycles. The first-order chi connectivity index (χ1) is 7.08. The Kier molecular flexibility index (Phi) is 7.43. The molecule has 1 aromatic heterocycles. The Morgan fingerprint density at radius 1 is 1.31 bits per heavy atom. The first-order valence-electron chi connectivity index (χ1n) is 5.77. The average Bonchev–Trinajstić information content (AvgIpc) is 2.61. The first kappa shape index (κ1) is 15.5. The molecule has 0 aliphatic carbocycles. The highest BCUT2D eigenvalue weighted by Crippen LogP contribution is 2.21. The smallest absolute Gasteiger partial charge is 0.120 e. The summed E-state index contributed by atoms with van der Waals surface area (Å²) in [6.45, 7) is 8.81. The van der Waals surface area contributed by atoms with Gasteiger partial charge in [-0.2, -0.15) is 0 Å². The van der Waals surface area contributed by atoms with E-state index in [-0.39, 0.29) is 12.4 Å². The van der Waals surface area contributed by atoms with Gasteiger partial charge < -0.3 is 10.3 Å². The lowest BCUT2D eigenvalue weighted by Crippen LogP contribution is -2.16. The lowest BCUT2D eigenvalue weighted by atomic mass is 9.90. The van der Waals surface area contributed by atoms with Crippen molar-refractivity contribution in [1.82, 2.24) is 15.3 Å². The molecule has 1 heterocycles. The largest absolute Gasteiger partial charge is 0.348 e. The maximum Gasteiger partial charge on any atom is 0.120 e. The van der Waals surface area contributed by atoms with Gasteiger partial charge in [0.25, 0.3) is 0 Å². The molecule has 1 rings (SSSR count). The molecule has 0 spiro atoms. The zero-order chi connectivity index (χ0) is 11.1. The van der Waals surface area contributed by atoms with E-state index in [9.17, 15) is 0 Å². The van der Waals surface area contributed by atoms with E-state index in [1.54, 1.807) is 6.20 Å². The fourth-order valence-corrected chi connectivity index (χ4v) is 1.51. The Morgan fingerprint density at radius 3 is 2.62 bits per heavy atom. The summed E-state index contributed by atoms with van der Waals surface area (Å²) >= 11 is 0. The second-order valence-corrected chi connectivity index (χ2v) is 5.23. The van der Waals surface area contributed by atoms with Crippen LogP contribution in [0.4, 0.5) is 0 Å². The Morgan fingerprint density at radius 2 is 2.06 bits per heavy atom. The molecule has 2 N–H and O–H groups in total. The molecule has 0 unspecified atom stereocenters. The molecule has 0 saturated heterocycles. The van der Waals surface area contributed by atoms with Gasteiger partial charge in [0.2, 0.25) is 0 Å². The summed E-state index contributed by atoms with van der Waals surface area (Å²) in [5, 5.41) is 3.38. The summed E-state index contributed by atoms with van der Waals surface area (Å²) in [6.07, 6.45) is 7.50.